The summed E-state index contributed by atoms with van der Waals surface area (Å²) in [7, 11) is 0. The Balaban J connectivity index is 2.49. The number of halogens is 2. The van der Waals surface area contributed by atoms with E-state index >= 15 is 0 Å². The average Bonchev–Trinajstić information content (AvgIpc) is 2.69. The largest absolute Gasteiger partial charge is 0.309 e. The topological polar surface area (TPSA) is 37.4 Å². The van der Waals surface area contributed by atoms with Gasteiger partial charge in [0.15, 0.2) is 6.29 Å². The van der Waals surface area contributed by atoms with Gasteiger partial charge in [-0.25, -0.2) is 0 Å². The standard InChI is InChI=1S/C13H9Br2NO2/c1-2-8-3-12(18)16(6-8)13-9(7-17)4-10(14)5-11(13)15/h1,4-5,7-8H,3,6H2. The van der Waals surface area contributed by atoms with Crippen molar-refractivity contribution in [3.63, 3.8) is 0 Å². The van der Waals surface area contributed by atoms with Gasteiger partial charge in [-0.3, -0.25) is 9.59 Å². The molecule has 1 aromatic rings. The SMILES string of the molecule is C#CC1CC(=O)N(c2c(Br)cc(Br)cc2C=O)C1. The molecule has 0 saturated carbocycles. The first-order valence-corrected chi connectivity index (χ1v) is 6.86. The van der Waals surface area contributed by atoms with Crippen LogP contribution in [0.2, 0.25) is 0 Å². The molecule has 1 heterocycles. The van der Waals surface area contributed by atoms with E-state index in [9.17, 15) is 9.59 Å². The molecule has 0 aliphatic carbocycles. The third kappa shape index (κ3) is 2.36. The monoisotopic (exact) mass is 369 g/mol. The summed E-state index contributed by atoms with van der Waals surface area (Å²) in [4.78, 5) is 24.6. The summed E-state index contributed by atoms with van der Waals surface area (Å²) in [6, 6.07) is 3.49. The van der Waals surface area contributed by atoms with Crippen molar-refractivity contribution in [2.45, 2.75) is 6.42 Å². The van der Waals surface area contributed by atoms with Crippen LogP contribution in [0.25, 0.3) is 0 Å². The summed E-state index contributed by atoms with van der Waals surface area (Å²) in [5.41, 5.74) is 1.05. The maximum Gasteiger partial charge on any atom is 0.228 e. The van der Waals surface area contributed by atoms with E-state index in [1.54, 1.807) is 17.0 Å². The zero-order valence-corrected chi connectivity index (χ0v) is 12.5. The summed E-state index contributed by atoms with van der Waals surface area (Å²) < 4.78 is 1.48. The molecule has 1 aromatic carbocycles. The number of anilines is 1. The molecule has 5 heteroatoms. The van der Waals surface area contributed by atoms with Gasteiger partial charge in [0.1, 0.15) is 0 Å². The molecule has 1 fully saturated rings. The Morgan fingerprint density at radius 3 is 2.72 bits per heavy atom. The first-order chi connectivity index (χ1) is 8.56. The molecule has 1 aliphatic heterocycles. The highest BCUT2D eigenvalue weighted by Gasteiger charge is 2.32. The predicted octanol–water partition coefficient (Wildman–Crippen LogP) is 3.01. The molecule has 1 saturated heterocycles. The minimum absolute atomic E-state index is 0.0518. The van der Waals surface area contributed by atoms with Crippen molar-refractivity contribution in [2.75, 3.05) is 11.4 Å². The highest BCUT2D eigenvalue weighted by atomic mass is 79.9. The summed E-state index contributed by atoms with van der Waals surface area (Å²) in [6.07, 6.45) is 6.42. The molecule has 1 atom stereocenters. The third-order valence-corrected chi connectivity index (χ3v) is 3.88. The number of aldehydes is 1. The summed E-state index contributed by atoms with van der Waals surface area (Å²) in [6.45, 7) is 0.455. The molecule has 3 nitrogen and oxygen atoms in total. The third-order valence-electron chi connectivity index (χ3n) is 2.82. The predicted molar refractivity (Wildman–Crippen MR) is 76.5 cm³/mol. The van der Waals surface area contributed by atoms with E-state index in [0.717, 1.165) is 10.8 Å². The van der Waals surface area contributed by atoms with Crippen LogP contribution >= 0.6 is 31.9 Å². The van der Waals surface area contributed by atoms with Crippen LogP contribution in [0.5, 0.6) is 0 Å². The fourth-order valence-corrected chi connectivity index (χ4v) is 3.47. The minimum Gasteiger partial charge on any atom is -0.309 e. The van der Waals surface area contributed by atoms with E-state index in [0.29, 0.717) is 28.7 Å². The number of amides is 1. The molecule has 1 aliphatic rings. The molecule has 1 amide bonds. The second-order valence-electron chi connectivity index (χ2n) is 4.02. The van der Waals surface area contributed by atoms with Gasteiger partial charge in [-0.2, -0.15) is 0 Å². The van der Waals surface area contributed by atoms with E-state index < -0.39 is 0 Å². The normalized spacial score (nSPS) is 18.8. The molecule has 18 heavy (non-hydrogen) atoms. The zero-order valence-electron chi connectivity index (χ0n) is 9.32. The lowest BCUT2D eigenvalue weighted by molar-refractivity contribution is -0.117. The first kappa shape index (κ1) is 13.3. The highest BCUT2D eigenvalue weighted by molar-refractivity contribution is 9.11. The fourth-order valence-electron chi connectivity index (χ4n) is 2.00. The first-order valence-electron chi connectivity index (χ1n) is 5.27. The van der Waals surface area contributed by atoms with Crippen molar-refractivity contribution in [1.29, 1.82) is 0 Å². The van der Waals surface area contributed by atoms with Crippen molar-refractivity contribution in [1.82, 2.24) is 0 Å². The molecule has 0 bridgehead atoms. The van der Waals surface area contributed by atoms with E-state index in [4.69, 9.17) is 6.42 Å². The van der Waals surface area contributed by atoms with E-state index in [-0.39, 0.29) is 11.8 Å². The molecule has 92 valence electrons. The van der Waals surface area contributed by atoms with Crippen LogP contribution < -0.4 is 4.90 Å². The number of terminal acetylenes is 1. The molecule has 0 spiro atoms. The highest BCUT2D eigenvalue weighted by Crippen LogP contribution is 2.36. The molecule has 0 aromatic heterocycles. The van der Waals surface area contributed by atoms with Crippen molar-refractivity contribution in [3.8, 4) is 12.3 Å². The van der Waals surface area contributed by atoms with Gasteiger partial charge in [-0.05, 0) is 28.1 Å². The Hall–Kier alpha value is -1.12. The van der Waals surface area contributed by atoms with Gasteiger partial charge < -0.3 is 4.90 Å². The van der Waals surface area contributed by atoms with Crippen molar-refractivity contribution < 1.29 is 9.59 Å². The van der Waals surface area contributed by atoms with Crippen molar-refractivity contribution in [3.05, 3.63) is 26.6 Å². The van der Waals surface area contributed by atoms with Crippen LogP contribution in [0.15, 0.2) is 21.1 Å². The Morgan fingerprint density at radius 2 is 2.17 bits per heavy atom. The smallest absolute Gasteiger partial charge is 0.228 e. The van der Waals surface area contributed by atoms with E-state index in [2.05, 4.69) is 37.8 Å². The number of hydrogen-bond donors (Lipinski definition) is 0. The Labute approximate surface area is 122 Å². The van der Waals surface area contributed by atoms with E-state index in [1.165, 1.54) is 0 Å². The quantitative estimate of drug-likeness (QED) is 0.592. The lowest BCUT2D eigenvalue weighted by atomic mass is 10.1. The number of carbonyl (C=O) groups is 2. The molecule has 0 radical (unpaired) electrons. The van der Waals surface area contributed by atoms with Crippen LogP contribution in [0.1, 0.15) is 16.8 Å². The maximum absolute atomic E-state index is 11.9. The second kappa shape index (κ2) is 5.25. The number of benzene rings is 1. The van der Waals surface area contributed by atoms with Crippen LogP contribution in [-0.2, 0) is 4.79 Å². The Bertz CT molecular complexity index is 563. The number of hydrogen-bond acceptors (Lipinski definition) is 2. The molecular weight excluding hydrogens is 362 g/mol. The van der Waals surface area contributed by atoms with Gasteiger partial charge in [0.25, 0.3) is 0 Å². The van der Waals surface area contributed by atoms with Gasteiger partial charge in [-0.1, -0.05) is 15.9 Å². The van der Waals surface area contributed by atoms with Crippen LogP contribution in [0, 0.1) is 18.3 Å². The van der Waals surface area contributed by atoms with E-state index in [1.807, 2.05) is 0 Å². The van der Waals surface area contributed by atoms with Crippen LogP contribution in [0.4, 0.5) is 5.69 Å². The van der Waals surface area contributed by atoms with Crippen LogP contribution in [-0.4, -0.2) is 18.7 Å². The van der Waals surface area contributed by atoms with Gasteiger partial charge in [0, 0.05) is 33.4 Å². The van der Waals surface area contributed by atoms with Crippen molar-refractivity contribution >= 4 is 49.7 Å². The van der Waals surface area contributed by atoms with Crippen LogP contribution in [0.3, 0.4) is 0 Å². The molecule has 0 N–H and O–H groups in total. The maximum atomic E-state index is 11.9. The second-order valence-corrected chi connectivity index (χ2v) is 5.79. The Morgan fingerprint density at radius 1 is 1.44 bits per heavy atom. The number of nitrogens with zero attached hydrogens (tertiary/aromatic N) is 1. The van der Waals surface area contributed by atoms with Gasteiger partial charge in [0.2, 0.25) is 5.91 Å². The summed E-state index contributed by atoms with van der Waals surface area (Å²) in [5.74, 6) is 2.44. The number of carbonyl (C=O) groups excluding carboxylic acids is 2. The minimum atomic E-state index is -0.0902. The summed E-state index contributed by atoms with van der Waals surface area (Å²) >= 11 is 6.70. The van der Waals surface area contributed by atoms with Gasteiger partial charge in [0.05, 0.1) is 5.69 Å². The molecule has 1 unspecified atom stereocenters. The zero-order chi connectivity index (χ0) is 13.3. The molecule has 2 rings (SSSR count). The lowest BCUT2D eigenvalue weighted by Gasteiger charge is -2.20. The molecular formula is C13H9Br2NO2. The fraction of sp³-hybridized carbons (Fsp3) is 0.231. The van der Waals surface area contributed by atoms with Crippen molar-refractivity contribution in [2.24, 2.45) is 5.92 Å². The average molecular weight is 371 g/mol. The lowest BCUT2D eigenvalue weighted by Crippen LogP contribution is -2.26. The summed E-state index contributed by atoms with van der Waals surface area (Å²) in [5, 5.41) is 0. The Kier molecular flexibility index (Phi) is 3.88. The van der Waals surface area contributed by atoms with Gasteiger partial charge in [-0.15, -0.1) is 12.3 Å². The van der Waals surface area contributed by atoms with Gasteiger partial charge >= 0.3 is 0 Å². The number of rotatable bonds is 2.